The summed E-state index contributed by atoms with van der Waals surface area (Å²) in [4.78, 5) is 28.7. The van der Waals surface area contributed by atoms with Gasteiger partial charge in [-0.05, 0) is 126 Å². The maximum atomic E-state index is 14.6. The Balaban J connectivity index is 0.00000290. The number of methoxy groups -OCH3 is 1. The zero-order valence-corrected chi connectivity index (χ0v) is 30.6. The highest BCUT2D eigenvalue weighted by atomic mass is 19.1. The molecule has 58 heavy (non-hydrogen) atoms. The molecule has 0 aromatic heterocycles. The van der Waals surface area contributed by atoms with Crippen LogP contribution in [0.2, 0.25) is 0 Å². The molecule has 0 aliphatic carbocycles. The van der Waals surface area contributed by atoms with Crippen LogP contribution >= 0.6 is 0 Å². The Bertz CT molecular complexity index is 2180. The average molecular weight is 789 g/mol. The van der Waals surface area contributed by atoms with E-state index >= 15 is 0 Å². The molecule has 6 aromatic carbocycles. The van der Waals surface area contributed by atoms with Crippen LogP contribution in [0.15, 0.2) is 146 Å². The maximum absolute atomic E-state index is 14.6. The molecule has 6 rings (SSSR count). The van der Waals surface area contributed by atoms with Crippen molar-refractivity contribution in [3.8, 4) is 11.1 Å². The van der Waals surface area contributed by atoms with Crippen LogP contribution in [-0.2, 0) is 14.3 Å². The number of aryl methyl sites for hydroxylation is 1. The molecule has 0 fully saturated rings. The lowest BCUT2D eigenvalue weighted by atomic mass is 9.77. The van der Waals surface area contributed by atoms with Gasteiger partial charge in [0.05, 0.1) is 18.9 Å². The number of benzene rings is 6. The van der Waals surface area contributed by atoms with Crippen molar-refractivity contribution in [2.45, 2.75) is 62.8 Å². The van der Waals surface area contributed by atoms with Crippen molar-refractivity contribution in [3.05, 3.63) is 168 Å². The monoisotopic (exact) mass is 788 g/mol. The van der Waals surface area contributed by atoms with Crippen LogP contribution in [0.5, 0.6) is 0 Å². The minimum atomic E-state index is -1.06. The highest BCUT2D eigenvalue weighted by Crippen LogP contribution is 2.40. The molecule has 3 atom stereocenters. The number of anilines is 6. The highest BCUT2D eigenvalue weighted by molar-refractivity contribution is 5.83. The van der Waals surface area contributed by atoms with Gasteiger partial charge >= 0.3 is 11.9 Å². The molecule has 0 saturated carbocycles. The fraction of sp³-hybridized carbons (Fsp3) is 0.240. The topological polar surface area (TPSA) is 70.1 Å². The third-order valence-corrected chi connectivity index (χ3v) is 9.83. The van der Waals surface area contributed by atoms with Crippen LogP contribution in [0, 0.1) is 30.4 Å². The van der Waals surface area contributed by atoms with Crippen LogP contribution < -0.4 is 9.80 Å². The Kier molecular flexibility index (Phi) is 17.6. The molecule has 6 nitrogen and oxygen atoms in total. The second-order valence-corrected chi connectivity index (χ2v) is 13.3. The summed E-state index contributed by atoms with van der Waals surface area (Å²) in [6, 6.07) is 44.5. The number of esters is 1. The van der Waals surface area contributed by atoms with Crippen molar-refractivity contribution < 1.29 is 28.2 Å². The van der Waals surface area contributed by atoms with Gasteiger partial charge in [0.25, 0.3) is 0 Å². The Labute approximate surface area is 344 Å². The first kappa shape index (κ1) is 47.9. The molecule has 0 heterocycles. The zero-order chi connectivity index (χ0) is 38.4. The summed E-state index contributed by atoms with van der Waals surface area (Å²) in [6.07, 6.45) is 0.502. The fourth-order valence-corrected chi connectivity index (χ4v) is 7.13. The van der Waals surface area contributed by atoms with Gasteiger partial charge in [0, 0.05) is 34.1 Å². The summed E-state index contributed by atoms with van der Waals surface area (Å²) >= 11 is 0. The summed E-state index contributed by atoms with van der Waals surface area (Å²) in [5.41, 5.74) is 8.50. The third-order valence-electron chi connectivity index (χ3n) is 9.83. The molecule has 0 spiro atoms. The fourth-order valence-electron chi connectivity index (χ4n) is 7.13. The van der Waals surface area contributed by atoms with E-state index in [1.807, 2.05) is 127 Å². The number of halogens is 2. The first-order chi connectivity index (χ1) is 26.1. The van der Waals surface area contributed by atoms with Crippen molar-refractivity contribution in [2.24, 2.45) is 11.8 Å². The summed E-state index contributed by atoms with van der Waals surface area (Å²) in [7, 11) is 1.26. The van der Waals surface area contributed by atoms with E-state index in [-0.39, 0.29) is 41.3 Å². The van der Waals surface area contributed by atoms with Crippen molar-refractivity contribution in [1.82, 2.24) is 0 Å². The molecule has 3 unspecified atom stereocenters. The molecule has 6 aromatic rings. The van der Waals surface area contributed by atoms with Crippen LogP contribution in [0.3, 0.4) is 0 Å². The maximum Gasteiger partial charge on any atom is 0.309 e. The molecule has 0 saturated heterocycles. The van der Waals surface area contributed by atoms with Gasteiger partial charge in [-0.15, -0.1) is 0 Å². The zero-order valence-electron chi connectivity index (χ0n) is 30.6. The van der Waals surface area contributed by atoms with Gasteiger partial charge in [-0.25, -0.2) is 8.78 Å². The van der Waals surface area contributed by atoms with Gasteiger partial charge in [-0.3, -0.25) is 9.59 Å². The number of carboxylic acids is 1. The van der Waals surface area contributed by atoms with Crippen molar-refractivity contribution in [1.29, 1.82) is 0 Å². The molecular formula is C50H58F2N2O4. The number of nitrogens with zero attached hydrogens (tertiary/aromatic N) is 2. The number of carbonyl (C=O) groups is 2. The van der Waals surface area contributed by atoms with Crippen LogP contribution in [-0.4, -0.2) is 24.2 Å². The third kappa shape index (κ3) is 10.6. The minimum absolute atomic E-state index is 0. The number of ether oxygens (including phenoxy) is 1. The normalized spacial score (nSPS) is 11.8. The van der Waals surface area contributed by atoms with Crippen LogP contribution in [0.4, 0.5) is 42.9 Å². The molecule has 0 radical (unpaired) electrons. The van der Waals surface area contributed by atoms with Gasteiger partial charge < -0.3 is 19.6 Å². The van der Waals surface area contributed by atoms with Crippen molar-refractivity contribution in [3.63, 3.8) is 0 Å². The van der Waals surface area contributed by atoms with E-state index in [2.05, 4.69) is 6.07 Å². The Morgan fingerprint density at radius 1 is 0.603 bits per heavy atom. The van der Waals surface area contributed by atoms with Crippen LogP contribution in [0.1, 0.15) is 67.0 Å². The lowest BCUT2D eigenvalue weighted by Crippen LogP contribution is -2.33. The SMILES string of the molecule is C.C.C.C.CCC(c1ccc(N(c2ccc(-c3ccc(N(c4cccc(C)c4)c4cccc(F)c4)cc3)cc2)c2cccc(F)c2)cc1)C(C(=O)O)C(C)C(=O)OC. The van der Waals surface area contributed by atoms with Gasteiger partial charge in [-0.1, -0.05) is 104 Å². The molecule has 0 bridgehead atoms. The number of hydrogen-bond acceptors (Lipinski definition) is 5. The smallest absolute Gasteiger partial charge is 0.309 e. The lowest BCUT2D eigenvalue weighted by Gasteiger charge is -2.29. The number of hydrogen-bond donors (Lipinski definition) is 1. The number of aliphatic carboxylic acids is 1. The number of carbonyl (C=O) groups excluding carboxylic acids is 1. The largest absolute Gasteiger partial charge is 0.481 e. The van der Waals surface area contributed by atoms with E-state index < -0.39 is 29.7 Å². The van der Waals surface area contributed by atoms with E-state index in [1.54, 1.807) is 19.1 Å². The summed E-state index contributed by atoms with van der Waals surface area (Å²) in [5, 5.41) is 10.1. The van der Waals surface area contributed by atoms with Crippen molar-refractivity contribution >= 4 is 46.1 Å². The summed E-state index contributed by atoms with van der Waals surface area (Å²) in [5.74, 6) is -4.56. The Morgan fingerprint density at radius 3 is 1.38 bits per heavy atom. The van der Waals surface area contributed by atoms with E-state index in [1.165, 1.54) is 31.4 Å². The molecule has 1 N–H and O–H groups in total. The Morgan fingerprint density at radius 2 is 1.00 bits per heavy atom. The minimum Gasteiger partial charge on any atom is -0.481 e. The second kappa shape index (κ2) is 21.3. The number of carboxylic acid groups (broad SMARTS) is 1. The van der Waals surface area contributed by atoms with E-state index in [9.17, 15) is 23.5 Å². The first-order valence-electron chi connectivity index (χ1n) is 17.9. The van der Waals surface area contributed by atoms with Gasteiger partial charge in [-0.2, -0.15) is 0 Å². The average Bonchev–Trinajstić information content (AvgIpc) is 3.17. The molecule has 8 heteroatoms. The highest BCUT2D eigenvalue weighted by Gasteiger charge is 2.37. The summed E-state index contributed by atoms with van der Waals surface area (Å²) < 4.78 is 33.8. The van der Waals surface area contributed by atoms with E-state index in [0.29, 0.717) is 17.8 Å². The predicted molar refractivity (Wildman–Crippen MR) is 238 cm³/mol. The lowest BCUT2D eigenvalue weighted by molar-refractivity contribution is -0.156. The van der Waals surface area contributed by atoms with Gasteiger partial charge in [0.2, 0.25) is 0 Å². The molecular weight excluding hydrogens is 731 g/mol. The molecule has 0 amide bonds. The van der Waals surface area contributed by atoms with Gasteiger partial charge in [0.15, 0.2) is 0 Å². The standard InChI is InChI=1S/C46H42F2N2O4.4CH4/c1-5-43(44(45(51)52)31(3)46(53)54-4)34-19-25-38(26-20-34)49(41-13-7-10-35(47)28-41)37-21-15-32(16-22-37)33-17-23-39(24-18-33)50(40-12-6-9-30(2)27-40)42-14-8-11-36(48)29-42;;;;/h6-29,31,43-44H,5H2,1-4H3,(H,51,52);4*1H4. The first-order valence-corrected chi connectivity index (χ1v) is 17.9. The predicted octanol–water partition coefficient (Wildman–Crippen LogP) is 14.4. The molecule has 0 aliphatic rings. The van der Waals surface area contributed by atoms with E-state index in [0.717, 1.165) is 45.0 Å². The van der Waals surface area contributed by atoms with Crippen molar-refractivity contribution in [2.75, 3.05) is 16.9 Å². The molecule has 0 aliphatic heterocycles. The summed E-state index contributed by atoms with van der Waals surface area (Å²) in [6.45, 7) is 5.51. The molecule has 306 valence electrons. The Hall–Kier alpha value is -6.28. The van der Waals surface area contributed by atoms with Gasteiger partial charge in [0.1, 0.15) is 11.6 Å². The van der Waals surface area contributed by atoms with E-state index in [4.69, 9.17) is 4.74 Å². The number of rotatable bonds is 13. The van der Waals surface area contributed by atoms with Crippen LogP contribution in [0.25, 0.3) is 11.1 Å². The quantitative estimate of drug-likeness (QED) is 0.118. The second-order valence-electron chi connectivity index (χ2n) is 13.3.